The first kappa shape index (κ1) is 14.4. The van der Waals surface area contributed by atoms with Crippen LogP contribution in [0.2, 0.25) is 0 Å². The van der Waals surface area contributed by atoms with Crippen LogP contribution in [0.25, 0.3) is 0 Å². The van der Waals surface area contributed by atoms with Crippen molar-refractivity contribution >= 4 is 37.8 Å². The van der Waals surface area contributed by atoms with E-state index in [1.54, 1.807) is 20.9 Å². The molecule has 0 spiro atoms. The molecule has 2 heterocycles. The molecule has 2 N–H and O–H groups in total. The van der Waals surface area contributed by atoms with E-state index in [0.717, 1.165) is 15.4 Å². The molecule has 19 heavy (non-hydrogen) atoms. The van der Waals surface area contributed by atoms with Crippen LogP contribution in [0.3, 0.4) is 0 Å². The van der Waals surface area contributed by atoms with E-state index in [1.165, 1.54) is 22.7 Å². The van der Waals surface area contributed by atoms with Gasteiger partial charge in [-0.15, -0.1) is 21.5 Å². The Morgan fingerprint density at radius 1 is 1.32 bits per heavy atom. The van der Waals surface area contributed by atoms with E-state index in [2.05, 4.69) is 20.2 Å². The molecule has 0 amide bonds. The first-order valence-electron chi connectivity index (χ1n) is 5.48. The van der Waals surface area contributed by atoms with Crippen molar-refractivity contribution in [2.24, 2.45) is 0 Å². The van der Waals surface area contributed by atoms with Gasteiger partial charge in [-0.05, 0) is 31.8 Å². The number of nitrogens with one attached hydrogen (secondary N) is 2. The smallest absolute Gasteiger partial charge is 0.265 e. The fourth-order valence-electron chi connectivity index (χ4n) is 1.63. The first-order chi connectivity index (χ1) is 8.94. The van der Waals surface area contributed by atoms with Crippen LogP contribution in [-0.4, -0.2) is 25.7 Å². The first-order valence-corrected chi connectivity index (χ1v) is 8.66. The van der Waals surface area contributed by atoms with Crippen LogP contribution in [0, 0.1) is 13.8 Å². The fraction of sp³-hybridized carbons (Fsp3) is 0.400. The number of aryl methyl sites for hydroxylation is 2. The van der Waals surface area contributed by atoms with Crippen molar-refractivity contribution in [1.82, 2.24) is 15.5 Å². The van der Waals surface area contributed by atoms with Crippen molar-refractivity contribution in [2.45, 2.75) is 25.3 Å². The third kappa shape index (κ3) is 3.11. The van der Waals surface area contributed by atoms with Crippen LogP contribution in [0.15, 0.2) is 10.3 Å². The van der Waals surface area contributed by atoms with Gasteiger partial charge in [-0.1, -0.05) is 11.3 Å². The molecule has 0 unspecified atom stereocenters. The predicted octanol–water partition coefficient (Wildman–Crippen LogP) is 1.74. The zero-order valence-corrected chi connectivity index (χ0v) is 13.2. The van der Waals surface area contributed by atoms with E-state index in [4.69, 9.17) is 0 Å². The lowest BCUT2D eigenvalue weighted by atomic mass is 10.3. The highest BCUT2D eigenvalue weighted by molar-refractivity contribution is 7.93. The summed E-state index contributed by atoms with van der Waals surface area (Å²) >= 11 is 2.64. The van der Waals surface area contributed by atoms with Gasteiger partial charge < -0.3 is 5.32 Å². The summed E-state index contributed by atoms with van der Waals surface area (Å²) < 4.78 is 27.3. The lowest BCUT2D eigenvalue weighted by Gasteiger charge is -2.07. The number of rotatable bonds is 5. The molecule has 2 rings (SSSR count). The number of sulfonamides is 1. The van der Waals surface area contributed by atoms with Gasteiger partial charge in [-0.3, -0.25) is 4.72 Å². The summed E-state index contributed by atoms with van der Waals surface area (Å²) in [6, 6.07) is 0. The zero-order valence-electron chi connectivity index (χ0n) is 10.7. The van der Waals surface area contributed by atoms with Crippen molar-refractivity contribution in [2.75, 3.05) is 11.8 Å². The highest BCUT2D eigenvalue weighted by Gasteiger charge is 2.24. The van der Waals surface area contributed by atoms with E-state index in [1.807, 2.05) is 5.38 Å². The van der Waals surface area contributed by atoms with Gasteiger partial charge in [0.2, 0.25) is 5.13 Å². The molecule has 0 aliphatic carbocycles. The van der Waals surface area contributed by atoms with Crippen molar-refractivity contribution in [1.29, 1.82) is 0 Å². The Morgan fingerprint density at radius 3 is 2.63 bits per heavy atom. The number of hydrogen-bond acceptors (Lipinski definition) is 7. The Labute approximate surface area is 119 Å². The third-order valence-corrected chi connectivity index (χ3v) is 6.03. The molecule has 0 saturated carbocycles. The Balaban J connectivity index is 2.36. The molecule has 2 aromatic heterocycles. The standard InChI is InChI=1S/C10H14N4O2S3/c1-6-5-17-8(4-11-3)9(6)19(15,16)14-10-13-12-7(2)18-10/h5,11H,4H2,1-3H3,(H,13,14). The second-order valence-corrected chi connectivity index (χ2v) is 7.70. The van der Waals surface area contributed by atoms with Crippen molar-refractivity contribution in [3.63, 3.8) is 0 Å². The van der Waals surface area contributed by atoms with Gasteiger partial charge in [0.25, 0.3) is 10.0 Å². The number of aromatic nitrogens is 2. The molecule has 6 nitrogen and oxygen atoms in total. The van der Waals surface area contributed by atoms with E-state index in [9.17, 15) is 8.42 Å². The Morgan fingerprint density at radius 2 is 2.05 bits per heavy atom. The number of hydrogen-bond donors (Lipinski definition) is 2. The van der Waals surface area contributed by atoms with Gasteiger partial charge >= 0.3 is 0 Å². The molecule has 9 heteroatoms. The summed E-state index contributed by atoms with van der Waals surface area (Å²) in [6.07, 6.45) is 0. The summed E-state index contributed by atoms with van der Waals surface area (Å²) in [5, 5.41) is 13.4. The van der Waals surface area contributed by atoms with Gasteiger partial charge in [-0.25, -0.2) is 8.42 Å². The molecule has 0 fully saturated rings. The van der Waals surface area contributed by atoms with Crippen molar-refractivity contribution < 1.29 is 8.42 Å². The minimum absolute atomic E-state index is 0.290. The molecule has 0 aliphatic heterocycles. The van der Waals surface area contributed by atoms with Gasteiger partial charge in [0.15, 0.2) is 0 Å². The Hall–Kier alpha value is -1.03. The van der Waals surface area contributed by atoms with Crippen LogP contribution in [-0.2, 0) is 16.6 Å². The minimum atomic E-state index is -3.61. The van der Waals surface area contributed by atoms with Gasteiger partial charge in [0.05, 0.1) is 0 Å². The monoisotopic (exact) mass is 318 g/mol. The number of anilines is 1. The molecule has 104 valence electrons. The number of nitrogens with zero attached hydrogens (tertiary/aromatic N) is 2. The van der Waals surface area contributed by atoms with E-state index >= 15 is 0 Å². The molecule has 0 aromatic carbocycles. The molecule has 0 atom stereocenters. The maximum absolute atomic E-state index is 12.4. The molecule has 0 saturated heterocycles. The van der Waals surface area contributed by atoms with Gasteiger partial charge in [0.1, 0.15) is 9.90 Å². The lowest BCUT2D eigenvalue weighted by Crippen LogP contribution is -2.16. The summed E-state index contributed by atoms with van der Waals surface area (Å²) in [6.45, 7) is 4.08. The highest BCUT2D eigenvalue weighted by atomic mass is 32.2. The molecular formula is C10H14N4O2S3. The van der Waals surface area contributed by atoms with Crippen molar-refractivity contribution in [3.8, 4) is 0 Å². The highest BCUT2D eigenvalue weighted by Crippen LogP contribution is 2.29. The Bertz CT molecular complexity index is 675. The molecule has 2 aromatic rings. The molecular weight excluding hydrogens is 304 g/mol. The lowest BCUT2D eigenvalue weighted by molar-refractivity contribution is 0.599. The topological polar surface area (TPSA) is 84.0 Å². The average molecular weight is 318 g/mol. The minimum Gasteiger partial charge on any atom is -0.315 e. The second-order valence-electron chi connectivity index (χ2n) is 3.93. The average Bonchev–Trinajstić information content (AvgIpc) is 2.86. The van der Waals surface area contributed by atoms with Crippen molar-refractivity contribution in [3.05, 3.63) is 20.8 Å². The summed E-state index contributed by atoms with van der Waals surface area (Å²) in [5.41, 5.74) is 0.740. The SMILES string of the molecule is CNCc1scc(C)c1S(=O)(=O)Nc1nnc(C)s1. The summed E-state index contributed by atoms with van der Waals surface area (Å²) in [7, 11) is -1.83. The van der Waals surface area contributed by atoms with Crippen LogP contribution >= 0.6 is 22.7 Å². The molecule has 0 radical (unpaired) electrons. The van der Waals surface area contributed by atoms with Crippen LogP contribution < -0.4 is 10.0 Å². The quantitative estimate of drug-likeness (QED) is 0.877. The number of thiophene rings is 1. The third-order valence-electron chi connectivity index (χ3n) is 2.34. The fourth-order valence-corrected chi connectivity index (χ4v) is 5.28. The molecule has 0 aliphatic rings. The largest absolute Gasteiger partial charge is 0.315 e. The van der Waals surface area contributed by atoms with Gasteiger partial charge in [0, 0.05) is 11.4 Å². The van der Waals surface area contributed by atoms with E-state index < -0.39 is 10.0 Å². The Kier molecular flexibility index (Phi) is 4.19. The van der Waals surface area contributed by atoms with Gasteiger partial charge in [-0.2, -0.15) is 0 Å². The maximum atomic E-state index is 12.4. The summed E-state index contributed by atoms with van der Waals surface area (Å²) in [5.74, 6) is 0. The molecule has 0 bridgehead atoms. The van der Waals surface area contributed by atoms with Crippen LogP contribution in [0.1, 0.15) is 15.4 Å². The normalized spacial score (nSPS) is 11.7. The second kappa shape index (κ2) is 5.53. The zero-order chi connectivity index (χ0) is 14.0. The van der Waals surface area contributed by atoms with E-state index in [-0.39, 0.29) is 0 Å². The van der Waals surface area contributed by atoms with Crippen LogP contribution in [0.4, 0.5) is 5.13 Å². The maximum Gasteiger partial charge on any atom is 0.265 e. The predicted molar refractivity (Wildman–Crippen MR) is 77.3 cm³/mol. The summed E-state index contributed by atoms with van der Waals surface area (Å²) in [4.78, 5) is 1.12. The van der Waals surface area contributed by atoms with Crippen LogP contribution in [0.5, 0.6) is 0 Å². The van der Waals surface area contributed by atoms with E-state index in [0.29, 0.717) is 16.6 Å².